The second-order valence-corrected chi connectivity index (χ2v) is 7.63. The quantitative estimate of drug-likeness (QED) is 0.391. The van der Waals surface area contributed by atoms with E-state index in [4.69, 9.17) is 0 Å². The summed E-state index contributed by atoms with van der Waals surface area (Å²) in [5.41, 5.74) is 4.46. The van der Waals surface area contributed by atoms with Crippen LogP contribution in [0.4, 0.5) is 0 Å². The van der Waals surface area contributed by atoms with E-state index in [9.17, 15) is 4.79 Å². The van der Waals surface area contributed by atoms with Gasteiger partial charge in [0.1, 0.15) is 0 Å². The number of hydrogen-bond acceptors (Lipinski definition) is 2. The highest BCUT2D eigenvalue weighted by molar-refractivity contribution is 14.1. The maximum Gasteiger partial charge on any atom is 0.150 e. The lowest BCUT2D eigenvalue weighted by Gasteiger charge is -2.05. The van der Waals surface area contributed by atoms with Crippen molar-refractivity contribution in [3.63, 3.8) is 0 Å². The monoisotopic (exact) mass is 418 g/mol. The third-order valence-electron chi connectivity index (χ3n) is 3.69. The van der Waals surface area contributed by atoms with Crippen molar-refractivity contribution in [1.82, 2.24) is 0 Å². The molecule has 0 fully saturated rings. The summed E-state index contributed by atoms with van der Waals surface area (Å²) in [4.78, 5) is 13.7. The van der Waals surface area contributed by atoms with Gasteiger partial charge in [-0.15, -0.1) is 11.3 Å². The van der Waals surface area contributed by atoms with E-state index >= 15 is 0 Å². The molecular weight excluding hydrogens is 403 g/mol. The fourth-order valence-corrected chi connectivity index (χ4v) is 4.09. The van der Waals surface area contributed by atoms with Gasteiger partial charge in [-0.3, -0.25) is 4.79 Å². The van der Waals surface area contributed by atoms with Crippen LogP contribution in [0.3, 0.4) is 0 Å². The fourth-order valence-electron chi connectivity index (χ4n) is 2.46. The van der Waals surface area contributed by atoms with E-state index < -0.39 is 0 Å². The first-order valence-electron chi connectivity index (χ1n) is 7.05. The molecule has 0 N–H and O–H groups in total. The minimum absolute atomic E-state index is 0.751. The Hall–Kier alpha value is -1.46. The van der Waals surface area contributed by atoms with E-state index in [1.54, 1.807) is 11.3 Å². The second-order valence-electron chi connectivity index (χ2n) is 5.22. The van der Waals surface area contributed by atoms with Crippen molar-refractivity contribution in [1.29, 1.82) is 0 Å². The molecule has 3 heteroatoms. The van der Waals surface area contributed by atoms with Crippen LogP contribution < -0.4 is 0 Å². The standard InChI is InChI=1S/C19H15IOS/c1-13-6-7-16(20)10-15(13)11-17-8-9-19(22-17)18-5-3-2-4-14(18)12-21/h2-10,12H,11H2,1H3. The van der Waals surface area contributed by atoms with Gasteiger partial charge in [-0.1, -0.05) is 30.3 Å². The van der Waals surface area contributed by atoms with Gasteiger partial charge in [0, 0.05) is 30.9 Å². The zero-order valence-electron chi connectivity index (χ0n) is 12.2. The molecule has 0 amide bonds. The van der Waals surface area contributed by atoms with Crippen LogP contribution >= 0.6 is 33.9 Å². The third-order valence-corrected chi connectivity index (χ3v) is 5.48. The molecule has 0 aliphatic heterocycles. The lowest BCUT2D eigenvalue weighted by atomic mass is 10.1. The highest BCUT2D eigenvalue weighted by Gasteiger charge is 2.08. The van der Waals surface area contributed by atoms with Crippen LogP contribution in [0, 0.1) is 10.5 Å². The molecule has 0 unspecified atom stereocenters. The Bertz CT molecular complexity index is 820. The predicted octanol–water partition coefficient (Wildman–Crippen LogP) is 5.73. The molecule has 0 saturated carbocycles. The van der Waals surface area contributed by atoms with Crippen molar-refractivity contribution >= 4 is 40.2 Å². The molecule has 1 heterocycles. The highest BCUT2D eigenvalue weighted by atomic mass is 127. The molecule has 0 radical (unpaired) electrons. The molecule has 0 aliphatic rings. The molecule has 0 saturated heterocycles. The average Bonchev–Trinajstić information content (AvgIpc) is 2.99. The van der Waals surface area contributed by atoms with E-state index in [-0.39, 0.29) is 0 Å². The maximum atomic E-state index is 11.2. The van der Waals surface area contributed by atoms with Crippen molar-refractivity contribution in [3.05, 3.63) is 79.7 Å². The van der Waals surface area contributed by atoms with Gasteiger partial charge in [0.05, 0.1) is 0 Å². The van der Waals surface area contributed by atoms with Crippen LogP contribution in [0.2, 0.25) is 0 Å². The van der Waals surface area contributed by atoms with Gasteiger partial charge < -0.3 is 0 Å². The van der Waals surface area contributed by atoms with Gasteiger partial charge >= 0.3 is 0 Å². The zero-order chi connectivity index (χ0) is 15.5. The minimum atomic E-state index is 0.751. The second kappa shape index (κ2) is 6.75. The highest BCUT2D eigenvalue weighted by Crippen LogP contribution is 2.31. The molecule has 0 aliphatic carbocycles. The lowest BCUT2D eigenvalue weighted by Crippen LogP contribution is -1.90. The minimum Gasteiger partial charge on any atom is -0.298 e. The van der Waals surface area contributed by atoms with Gasteiger partial charge in [0.2, 0.25) is 0 Å². The number of rotatable bonds is 4. The van der Waals surface area contributed by atoms with Gasteiger partial charge in [0.25, 0.3) is 0 Å². The van der Waals surface area contributed by atoms with Crippen molar-refractivity contribution < 1.29 is 4.79 Å². The van der Waals surface area contributed by atoms with Crippen LogP contribution in [0.5, 0.6) is 0 Å². The summed E-state index contributed by atoms with van der Waals surface area (Å²) in [6.07, 6.45) is 1.87. The zero-order valence-corrected chi connectivity index (χ0v) is 15.1. The Kier molecular flexibility index (Phi) is 4.74. The first-order valence-corrected chi connectivity index (χ1v) is 8.95. The summed E-state index contributed by atoms with van der Waals surface area (Å²) < 4.78 is 1.27. The average molecular weight is 418 g/mol. The third kappa shape index (κ3) is 3.31. The van der Waals surface area contributed by atoms with Crippen molar-refractivity contribution in [2.75, 3.05) is 0 Å². The first kappa shape index (κ1) is 15.4. The maximum absolute atomic E-state index is 11.2. The van der Waals surface area contributed by atoms with E-state index in [1.165, 1.54) is 19.6 Å². The number of thiophene rings is 1. The van der Waals surface area contributed by atoms with E-state index in [0.29, 0.717) is 0 Å². The number of benzene rings is 2. The number of carbonyl (C=O) groups excluding carboxylic acids is 1. The normalized spacial score (nSPS) is 10.6. The van der Waals surface area contributed by atoms with Crippen LogP contribution in [-0.4, -0.2) is 6.29 Å². The number of halogens is 1. The van der Waals surface area contributed by atoms with Crippen LogP contribution in [0.25, 0.3) is 10.4 Å². The van der Waals surface area contributed by atoms with Gasteiger partial charge in [-0.2, -0.15) is 0 Å². The van der Waals surface area contributed by atoms with Crippen LogP contribution in [0.15, 0.2) is 54.6 Å². The summed E-state index contributed by atoms with van der Waals surface area (Å²) in [7, 11) is 0. The topological polar surface area (TPSA) is 17.1 Å². The smallest absolute Gasteiger partial charge is 0.150 e. The van der Waals surface area contributed by atoms with Crippen LogP contribution in [-0.2, 0) is 6.42 Å². The van der Waals surface area contributed by atoms with Gasteiger partial charge in [0.15, 0.2) is 6.29 Å². The Morgan fingerprint density at radius 2 is 1.91 bits per heavy atom. The molecule has 22 heavy (non-hydrogen) atoms. The summed E-state index contributed by atoms with van der Waals surface area (Å²) >= 11 is 4.12. The van der Waals surface area contributed by atoms with Gasteiger partial charge in [-0.25, -0.2) is 0 Å². The molecule has 1 nitrogen and oxygen atoms in total. The van der Waals surface area contributed by atoms with E-state index in [0.717, 1.165) is 28.7 Å². The SMILES string of the molecule is Cc1ccc(I)cc1Cc1ccc(-c2ccccc2C=O)s1. The van der Waals surface area contributed by atoms with Crippen molar-refractivity contribution in [2.24, 2.45) is 0 Å². The molecule has 0 atom stereocenters. The molecule has 3 aromatic rings. The number of aryl methyl sites for hydroxylation is 1. The largest absolute Gasteiger partial charge is 0.298 e. The Morgan fingerprint density at radius 3 is 2.73 bits per heavy atom. The molecule has 3 rings (SSSR count). The Labute approximate surface area is 148 Å². The molecule has 1 aromatic heterocycles. The van der Waals surface area contributed by atoms with Gasteiger partial charge in [-0.05, 0) is 64.9 Å². The molecule has 0 spiro atoms. The lowest BCUT2D eigenvalue weighted by molar-refractivity contribution is 0.112. The molecule has 0 bridgehead atoms. The Balaban J connectivity index is 1.91. The molecule has 110 valence electrons. The first-order chi connectivity index (χ1) is 10.7. The predicted molar refractivity (Wildman–Crippen MR) is 102 cm³/mol. The summed E-state index contributed by atoms with van der Waals surface area (Å²) in [6, 6.07) is 18.6. The number of carbonyl (C=O) groups is 1. The van der Waals surface area contributed by atoms with Crippen LogP contribution in [0.1, 0.15) is 26.4 Å². The fraction of sp³-hybridized carbons (Fsp3) is 0.105. The summed E-state index contributed by atoms with van der Waals surface area (Å²) in [6.45, 7) is 2.15. The Morgan fingerprint density at radius 1 is 1.09 bits per heavy atom. The summed E-state index contributed by atoms with van der Waals surface area (Å²) in [5.74, 6) is 0. The van der Waals surface area contributed by atoms with Crippen molar-refractivity contribution in [3.8, 4) is 10.4 Å². The molecular formula is C19H15IOS. The number of hydrogen-bond donors (Lipinski definition) is 0. The van der Waals surface area contributed by atoms with E-state index in [1.807, 2.05) is 24.3 Å². The van der Waals surface area contributed by atoms with Crippen molar-refractivity contribution in [2.45, 2.75) is 13.3 Å². The number of aldehydes is 1. The molecule has 2 aromatic carbocycles. The van der Waals surface area contributed by atoms with E-state index in [2.05, 4.69) is 59.8 Å². The summed E-state index contributed by atoms with van der Waals surface area (Å²) in [5, 5.41) is 0.